The van der Waals surface area contributed by atoms with Crippen molar-refractivity contribution in [3.05, 3.63) is 0 Å². The van der Waals surface area contributed by atoms with Gasteiger partial charge in [-0.1, -0.05) is 0 Å². The van der Waals surface area contributed by atoms with E-state index < -0.39 is 41.8 Å². The van der Waals surface area contributed by atoms with E-state index in [1.165, 1.54) is 4.90 Å². The van der Waals surface area contributed by atoms with E-state index in [0.717, 1.165) is 0 Å². The number of carbonyl (C=O) groups excluding carboxylic acids is 4. The fourth-order valence-corrected chi connectivity index (χ4v) is 3.31. The number of carbonyl (C=O) groups is 5. The molecule has 1 aliphatic rings. The molecule has 0 aromatic heterocycles. The van der Waals surface area contributed by atoms with Crippen LogP contribution in [0.4, 0.5) is 0 Å². The number of aliphatic imine (C=N–C) groups is 1. The predicted octanol–water partition coefficient (Wildman–Crippen LogP) is -3.69. The first kappa shape index (κ1) is 26.6. The van der Waals surface area contributed by atoms with Crippen LogP contribution < -0.4 is 33.6 Å². The fraction of sp³-hybridized carbons (Fsp3) is 0.667. The first-order valence-electron chi connectivity index (χ1n) is 10.2. The molecule has 1 saturated heterocycles. The first-order chi connectivity index (χ1) is 15.1. The third kappa shape index (κ3) is 8.75. The third-order valence-electron chi connectivity index (χ3n) is 4.92. The minimum absolute atomic E-state index is 0.105. The summed E-state index contributed by atoms with van der Waals surface area (Å²) in [5.74, 6) is -3.87. The highest BCUT2D eigenvalue weighted by molar-refractivity contribution is 5.94. The van der Waals surface area contributed by atoms with Crippen LogP contribution >= 0.6 is 0 Å². The van der Waals surface area contributed by atoms with Crippen LogP contribution in [0, 0.1) is 0 Å². The van der Waals surface area contributed by atoms with Gasteiger partial charge in [-0.05, 0) is 32.1 Å². The van der Waals surface area contributed by atoms with E-state index >= 15 is 0 Å². The summed E-state index contributed by atoms with van der Waals surface area (Å²) in [7, 11) is 0. The van der Waals surface area contributed by atoms with Crippen molar-refractivity contribution in [2.45, 2.75) is 56.7 Å². The zero-order chi connectivity index (χ0) is 24.3. The number of carboxylic acids is 1. The van der Waals surface area contributed by atoms with Gasteiger partial charge >= 0.3 is 5.97 Å². The van der Waals surface area contributed by atoms with E-state index in [2.05, 4.69) is 15.6 Å². The Labute approximate surface area is 185 Å². The maximum atomic E-state index is 12.8. The highest BCUT2D eigenvalue weighted by atomic mass is 16.4. The molecule has 1 rings (SSSR count). The molecule has 0 bridgehead atoms. The Morgan fingerprint density at radius 2 is 1.75 bits per heavy atom. The molecule has 3 unspecified atom stereocenters. The average molecular weight is 457 g/mol. The van der Waals surface area contributed by atoms with Crippen LogP contribution in [-0.2, 0) is 24.0 Å². The van der Waals surface area contributed by atoms with Crippen molar-refractivity contribution in [1.82, 2.24) is 15.5 Å². The molecule has 0 spiro atoms. The maximum Gasteiger partial charge on any atom is 0.326 e. The van der Waals surface area contributed by atoms with E-state index in [4.69, 9.17) is 22.9 Å². The molecule has 0 aromatic carbocycles. The molecule has 4 amide bonds. The van der Waals surface area contributed by atoms with Crippen molar-refractivity contribution in [3.8, 4) is 0 Å². The number of rotatable bonds is 13. The summed E-state index contributed by atoms with van der Waals surface area (Å²) in [6.07, 6.45) is 0.999. The van der Waals surface area contributed by atoms with E-state index in [1.54, 1.807) is 0 Å². The second-order valence-corrected chi connectivity index (χ2v) is 7.36. The van der Waals surface area contributed by atoms with Crippen molar-refractivity contribution < 1.29 is 29.1 Å². The van der Waals surface area contributed by atoms with Crippen LogP contribution in [0.1, 0.15) is 38.5 Å². The Morgan fingerprint density at radius 1 is 1.06 bits per heavy atom. The van der Waals surface area contributed by atoms with Gasteiger partial charge in [0.05, 0.1) is 6.54 Å². The molecule has 1 aliphatic heterocycles. The summed E-state index contributed by atoms with van der Waals surface area (Å²) in [5, 5.41) is 14.2. The normalized spacial score (nSPS) is 17.2. The van der Waals surface area contributed by atoms with Gasteiger partial charge in [0.15, 0.2) is 5.96 Å². The summed E-state index contributed by atoms with van der Waals surface area (Å²) in [4.78, 5) is 65.1. The van der Waals surface area contributed by atoms with E-state index in [0.29, 0.717) is 25.8 Å². The summed E-state index contributed by atoms with van der Waals surface area (Å²) >= 11 is 0. The van der Waals surface area contributed by atoms with Gasteiger partial charge in [-0.25, -0.2) is 4.79 Å². The van der Waals surface area contributed by atoms with Crippen molar-refractivity contribution in [1.29, 1.82) is 0 Å². The molecule has 14 nitrogen and oxygen atoms in total. The lowest BCUT2D eigenvalue weighted by Gasteiger charge is -2.26. The molecular weight excluding hydrogens is 424 g/mol. The minimum atomic E-state index is -1.37. The Balaban J connectivity index is 2.90. The average Bonchev–Trinajstić information content (AvgIpc) is 3.21. The van der Waals surface area contributed by atoms with E-state index in [9.17, 15) is 29.1 Å². The van der Waals surface area contributed by atoms with Crippen molar-refractivity contribution in [3.63, 3.8) is 0 Å². The molecule has 1 fully saturated rings. The summed E-state index contributed by atoms with van der Waals surface area (Å²) in [6.45, 7) is 0.323. The number of hydrogen-bond donors (Lipinski definition) is 7. The van der Waals surface area contributed by atoms with Crippen LogP contribution in [-0.4, -0.2) is 83.3 Å². The molecule has 14 heteroatoms. The van der Waals surface area contributed by atoms with Crippen LogP contribution in [0.5, 0.6) is 0 Å². The molecule has 0 aromatic rings. The van der Waals surface area contributed by atoms with Gasteiger partial charge in [-0.2, -0.15) is 0 Å². The van der Waals surface area contributed by atoms with Gasteiger partial charge in [-0.15, -0.1) is 0 Å². The summed E-state index contributed by atoms with van der Waals surface area (Å²) in [6, 6.07) is -3.25. The molecule has 32 heavy (non-hydrogen) atoms. The topological polar surface area (TPSA) is 249 Å². The molecule has 0 saturated carbocycles. The molecular formula is C18H32N8O6. The van der Waals surface area contributed by atoms with Crippen molar-refractivity contribution in [2.24, 2.45) is 27.9 Å². The Morgan fingerprint density at radius 3 is 2.31 bits per heavy atom. The number of carboxylic acid groups (broad SMARTS) is 1. The third-order valence-corrected chi connectivity index (χ3v) is 4.92. The molecule has 0 aliphatic carbocycles. The quantitative estimate of drug-likeness (QED) is 0.0817. The van der Waals surface area contributed by atoms with E-state index in [-0.39, 0.29) is 44.2 Å². The monoisotopic (exact) mass is 456 g/mol. The first-order valence-corrected chi connectivity index (χ1v) is 10.2. The number of primary amides is 1. The van der Waals surface area contributed by atoms with Crippen molar-refractivity contribution >= 4 is 35.6 Å². The number of guanidine groups is 1. The number of aliphatic carboxylic acids is 1. The van der Waals surface area contributed by atoms with Crippen LogP contribution in [0.3, 0.4) is 0 Å². The van der Waals surface area contributed by atoms with Gasteiger partial charge in [0.1, 0.15) is 18.1 Å². The zero-order valence-corrected chi connectivity index (χ0v) is 17.8. The standard InChI is InChI=1S/C18H32N8O6/c19-9-14(28)26-8-2-4-12(26)16(30)24-10(3-1-7-23-18(21)22)15(29)25-11(17(31)32)5-6-13(20)27/h10-12H,1-9,19H2,(H2,20,27)(H,24,30)(H,25,29)(H,31,32)(H4,21,22,23). The summed E-state index contributed by atoms with van der Waals surface area (Å²) in [5.41, 5.74) is 21.0. The maximum absolute atomic E-state index is 12.8. The van der Waals surface area contributed by atoms with Crippen LogP contribution in [0.15, 0.2) is 4.99 Å². The lowest BCUT2D eigenvalue weighted by Crippen LogP contribution is -2.55. The lowest BCUT2D eigenvalue weighted by atomic mass is 10.1. The number of amides is 4. The number of nitrogens with zero attached hydrogens (tertiary/aromatic N) is 2. The van der Waals surface area contributed by atoms with Crippen LogP contribution in [0.25, 0.3) is 0 Å². The van der Waals surface area contributed by atoms with Gasteiger partial charge in [0.2, 0.25) is 23.6 Å². The number of nitrogens with one attached hydrogen (secondary N) is 2. The van der Waals surface area contributed by atoms with Gasteiger partial charge in [0.25, 0.3) is 0 Å². The minimum Gasteiger partial charge on any atom is -0.480 e. The van der Waals surface area contributed by atoms with Gasteiger partial charge in [0, 0.05) is 19.5 Å². The lowest BCUT2D eigenvalue weighted by molar-refractivity contribution is -0.143. The highest BCUT2D eigenvalue weighted by Crippen LogP contribution is 2.18. The molecule has 11 N–H and O–H groups in total. The molecule has 3 atom stereocenters. The summed E-state index contributed by atoms with van der Waals surface area (Å²) < 4.78 is 0. The zero-order valence-electron chi connectivity index (χ0n) is 17.8. The SMILES string of the molecule is NCC(=O)N1CCCC1C(=O)NC(CCCN=C(N)N)C(=O)NC(CCC(N)=O)C(=O)O. The van der Waals surface area contributed by atoms with Gasteiger partial charge in [-0.3, -0.25) is 24.2 Å². The Hall–Kier alpha value is -3.42. The highest BCUT2D eigenvalue weighted by Gasteiger charge is 2.35. The fourth-order valence-electron chi connectivity index (χ4n) is 3.31. The molecule has 1 heterocycles. The molecule has 180 valence electrons. The number of likely N-dealkylation sites (tertiary alicyclic amines) is 1. The van der Waals surface area contributed by atoms with Crippen molar-refractivity contribution in [2.75, 3.05) is 19.6 Å². The predicted molar refractivity (Wildman–Crippen MR) is 114 cm³/mol. The Bertz CT molecular complexity index is 739. The van der Waals surface area contributed by atoms with Gasteiger partial charge < -0.3 is 43.6 Å². The largest absolute Gasteiger partial charge is 0.480 e. The van der Waals surface area contributed by atoms with E-state index in [1.807, 2.05) is 0 Å². The number of hydrogen-bond acceptors (Lipinski definition) is 7. The number of nitrogens with two attached hydrogens (primary N) is 4. The molecule has 0 radical (unpaired) electrons. The van der Waals surface area contributed by atoms with Crippen LogP contribution in [0.2, 0.25) is 0 Å². The Kier molecular flexibility index (Phi) is 10.9. The second-order valence-electron chi connectivity index (χ2n) is 7.36. The smallest absolute Gasteiger partial charge is 0.326 e. The second kappa shape index (κ2) is 13.1.